The van der Waals surface area contributed by atoms with Crippen LogP contribution in [0.3, 0.4) is 0 Å². The normalized spacial score (nSPS) is 18.3. The highest BCUT2D eigenvalue weighted by atomic mass is 79.9. The van der Waals surface area contributed by atoms with E-state index >= 15 is 0 Å². The minimum absolute atomic E-state index is 0.00218. The largest absolute Gasteiger partial charge is 0.494 e. The second kappa shape index (κ2) is 24.3. The molecule has 4 amide bonds. The predicted molar refractivity (Wildman–Crippen MR) is 290 cm³/mol. The summed E-state index contributed by atoms with van der Waals surface area (Å²) in [5.74, 6) is -1.40. The molecule has 0 saturated carbocycles. The number of amides is 4. The number of nitrogens with two attached hydrogens (primary N) is 2. The number of nitrogens with zero attached hydrogens (tertiary/aromatic N) is 4. The van der Waals surface area contributed by atoms with Gasteiger partial charge in [-0.1, -0.05) is 72.8 Å². The number of likely N-dealkylation sites (tertiary alicyclic amines) is 2. The fraction of sp³-hybridized carbons (Fsp3) is 0.321. The molecule has 0 spiro atoms. The lowest BCUT2D eigenvalue weighted by atomic mass is 9.78. The van der Waals surface area contributed by atoms with E-state index < -0.39 is 53.9 Å². The lowest BCUT2D eigenvalue weighted by Gasteiger charge is -2.32. The van der Waals surface area contributed by atoms with Gasteiger partial charge in [-0.05, 0) is 113 Å². The summed E-state index contributed by atoms with van der Waals surface area (Å²) in [6.45, 7) is 8.43. The summed E-state index contributed by atoms with van der Waals surface area (Å²) in [7, 11) is 2.88. The summed E-state index contributed by atoms with van der Waals surface area (Å²) in [6, 6.07) is 29.0. The third-order valence-electron chi connectivity index (χ3n) is 14.1. The molecule has 20 heteroatoms. The van der Waals surface area contributed by atoms with Crippen LogP contribution in [-0.4, -0.2) is 112 Å². The van der Waals surface area contributed by atoms with Crippen molar-refractivity contribution in [2.24, 2.45) is 0 Å². The standard InChI is InChI=1S/C25H25FN4O3.C21H25BFNO4.C10H12BrN3O/c1-30-13-18(11-23(30)32)17-9-20(24(27)28-12-17)16-7-8-19(21(26)10-16)25(33)29-22(14-31)15-5-3-2-4-6-15;1-20(2)21(3,4)28-22(27-20)15-10-11-16(17(23)12-15)19(26)24-18(13-25)14-8-6-5-7-9-14;1-14-5-7(3-9(14)15)6-2-8(11)10(12)13-4-6/h2-10,12,18,22,31H,11,13-14H2,1H3,(H2,27,28)(H,29,33);5-12,18,25H,13H2,1-4H3,(H,24,26);2,4,7H,3,5H2,1H3,(H2,12,13)/t18?,22-;18-;/m11./s1. The number of aromatic nitrogens is 2. The molecule has 0 bridgehead atoms. The van der Waals surface area contributed by atoms with Crippen LogP contribution in [0.25, 0.3) is 11.1 Å². The molecule has 3 saturated heterocycles. The third kappa shape index (κ3) is 13.3. The minimum Gasteiger partial charge on any atom is -0.399 e. The highest BCUT2D eigenvalue weighted by Gasteiger charge is 2.52. The molecule has 3 aliphatic rings. The van der Waals surface area contributed by atoms with Crippen LogP contribution >= 0.6 is 15.9 Å². The molecule has 3 aliphatic heterocycles. The van der Waals surface area contributed by atoms with E-state index in [4.69, 9.17) is 20.8 Å². The van der Waals surface area contributed by atoms with E-state index in [2.05, 4.69) is 36.5 Å². The number of aliphatic hydroxyl groups excluding tert-OH is 2. The molecule has 6 aromatic rings. The number of nitrogen functional groups attached to an aromatic ring is 2. The predicted octanol–water partition coefficient (Wildman–Crippen LogP) is 6.84. The van der Waals surface area contributed by atoms with Crippen molar-refractivity contribution in [3.05, 3.63) is 171 Å². The molecule has 0 aliphatic carbocycles. The lowest BCUT2D eigenvalue weighted by Crippen LogP contribution is -2.41. The molecule has 2 unspecified atom stereocenters. The van der Waals surface area contributed by atoms with Crippen LogP contribution in [0.2, 0.25) is 0 Å². The molecular formula is C56H62BBrF2N8O8. The number of anilines is 2. The zero-order valence-corrected chi connectivity index (χ0v) is 44.7. The molecule has 2 aromatic heterocycles. The van der Waals surface area contributed by atoms with E-state index in [1.807, 2.05) is 71.1 Å². The molecule has 76 heavy (non-hydrogen) atoms. The zero-order valence-electron chi connectivity index (χ0n) is 43.1. The summed E-state index contributed by atoms with van der Waals surface area (Å²) in [4.78, 5) is 60.2. The first-order valence-corrected chi connectivity index (χ1v) is 25.4. The number of hydrogen-bond acceptors (Lipinski definition) is 12. The van der Waals surface area contributed by atoms with Crippen LogP contribution in [0.5, 0.6) is 0 Å². The van der Waals surface area contributed by atoms with Crippen molar-refractivity contribution in [3.8, 4) is 11.1 Å². The summed E-state index contributed by atoms with van der Waals surface area (Å²) in [6.07, 6.45) is 4.35. The van der Waals surface area contributed by atoms with E-state index in [0.29, 0.717) is 41.8 Å². The maximum atomic E-state index is 14.9. The number of hydrogen-bond donors (Lipinski definition) is 6. The average molecular weight is 1100 g/mol. The fourth-order valence-corrected chi connectivity index (χ4v) is 9.19. The fourth-order valence-electron chi connectivity index (χ4n) is 8.83. The Morgan fingerprint density at radius 1 is 0.697 bits per heavy atom. The third-order valence-corrected chi connectivity index (χ3v) is 14.8. The maximum absolute atomic E-state index is 14.9. The number of likely N-dealkylation sites (N-methyl/N-ethyl adjacent to an activating group) is 2. The Morgan fingerprint density at radius 3 is 1.57 bits per heavy atom. The Labute approximate surface area is 449 Å². The quantitative estimate of drug-likeness (QED) is 0.0692. The Kier molecular flexibility index (Phi) is 18.1. The Hall–Kier alpha value is -7.10. The smallest absolute Gasteiger partial charge is 0.399 e. The van der Waals surface area contributed by atoms with Gasteiger partial charge < -0.3 is 51.4 Å². The van der Waals surface area contributed by atoms with Gasteiger partial charge in [-0.3, -0.25) is 19.2 Å². The molecular weight excluding hydrogens is 1040 g/mol. The summed E-state index contributed by atoms with van der Waals surface area (Å²) >= 11 is 3.34. The molecule has 8 N–H and O–H groups in total. The van der Waals surface area contributed by atoms with Gasteiger partial charge in [-0.2, -0.15) is 0 Å². The Morgan fingerprint density at radius 2 is 1.14 bits per heavy atom. The second-order valence-corrected chi connectivity index (χ2v) is 20.8. The van der Waals surface area contributed by atoms with Crippen molar-refractivity contribution in [1.29, 1.82) is 0 Å². The molecule has 0 radical (unpaired) electrons. The Balaban J connectivity index is 0.000000177. The summed E-state index contributed by atoms with van der Waals surface area (Å²) in [5, 5.41) is 24.6. The number of halogens is 3. The molecule has 5 heterocycles. The van der Waals surface area contributed by atoms with Crippen molar-refractivity contribution in [1.82, 2.24) is 30.4 Å². The van der Waals surface area contributed by atoms with E-state index in [-0.39, 0.29) is 53.8 Å². The van der Waals surface area contributed by atoms with Crippen LogP contribution in [0.4, 0.5) is 20.4 Å². The molecule has 3 fully saturated rings. The first-order valence-electron chi connectivity index (χ1n) is 24.6. The van der Waals surface area contributed by atoms with Crippen LogP contribution in [0.15, 0.2) is 126 Å². The van der Waals surface area contributed by atoms with E-state index in [1.54, 1.807) is 77.8 Å². The maximum Gasteiger partial charge on any atom is 0.494 e. The number of benzene rings is 4. The van der Waals surface area contributed by atoms with E-state index in [1.165, 1.54) is 24.3 Å². The first kappa shape index (κ1) is 56.6. The van der Waals surface area contributed by atoms with Crippen molar-refractivity contribution >= 4 is 63.8 Å². The van der Waals surface area contributed by atoms with Gasteiger partial charge in [0.15, 0.2) is 0 Å². The zero-order chi connectivity index (χ0) is 55.1. The topological polar surface area (TPSA) is 236 Å². The highest BCUT2D eigenvalue weighted by molar-refractivity contribution is 9.10. The Bertz CT molecular complexity index is 3050. The van der Waals surface area contributed by atoms with E-state index in [0.717, 1.165) is 33.3 Å². The van der Waals surface area contributed by atoms with Crippen molar-refractivity contribution in [3.63, 3.8) is 0 Å². The average Bonchev–Trinajstić information content (AvgIpc) is 4.01. The molecule has 398 valence electrons. The van der Waals surface area contributed by atoms with Gasteiger partial charge in [-0.25, -0.2) is 18.7 Å². The van der Waals surface area contributed by atoms with Crippen molar-refractivity contribution in [2.45, 2.75) is 75.7 Å². The number of nitrogens with one attached hydrogen (secondary N) is 2. The van der Waals surface area contributed by atoms with Gasteiger partial charge in [-0.15, -0.1) is 0 Å². The number of carbonyl (C=O) groups excluding carboxylic acids is 4. The van der Waals surface area contributed by atoms with Gasteiger partial charge in [0.1, 0.15) is 23.3 Å². The van der Waals surface area contributed by atoms with Gasteiger partial charge in [0.2, 0.25) is 11.8 Å². The SMILES string of the molecule is CC1(C)OB(c2ccc(C(=O)N[C@H](CO)c3ccccc3)c(F)c2)OC1(C)C.CN1CC(c2cnc(N)c(-c3ccc(C(=O)N[C@H](CO)c4ccccc4)c(F)c3)c2)CC1=O.CN1CC(c2cnc(N)c(Br)c2)CC1=O. The molecule has 4 aromatic carbocycles. The number of carbonyl (C=O) groups is 4. The van der Waals surface area contributed by atoms with Crippen LogP contribution in [-0.2, 0) is 18.9 Å². The van der Waals surface area contributed by atoms with E-state index in [9.17, 15) is 38.2 Å². The number of pyridine rings is 2. The number of rotatable bonds is 12. The number of aliphatic hydroxyl groups is 2. The summed E-state index contributed by atoms with van der Waals surface area (Å²) in [5.41, 5.74) is 15.3. The summed E-state index contributed by atoms with van der Waals surface area (Å²) < 4.78 is 42.2. The molecule has 4 atom stereocenters. The lowest BCUT2D eigenvalue weighted by molar-refractivity contribution is -0.127. The van der Waals surface area contributed by atoms with Crippen molar-refractivity contribution in [2.75, 3.05) is 51.9 Å². The van der Waals surface area contributed by atoms with Crippen LogP contribution < -0.4 is 27.6 Å². The van der Waals surface area contributed by atoms with Gasteiger partial charge in [0.25, 0.3) is 11.8 Å². The van der Waals surface area contributed by atoms with Crippen molar-refractivity contribution < 1.29 is 47.5 Å². The first-order chi connectivity index (χ1) is 36.1. The second-order valence-electron chi connectivity index (χ2n) is 19.9. The molecule has 16 nitrogen and oxygen atoms in total. The van der Waals surface area contributed by atoms with Crippen LogP contribution in [0.1, 0.15) is 107 Å². The molecule has 9 rings (SSSR count). The minimum atomic E-state index is -0.713. The van der Waals surface area contributed by atoms with Gasteiger partial charge >= 0.3 is 7.12 Å². The highest BCUT2D eigenvalue weighted by Crippen LogP contribution is 2.37. The van der Waals surface area contributed by atoms with Gasteiger partial charge in [0, 0.05) is 69.8 Å². The monoisotopic (exact) mass is 1100 g/mol. The van der Waals surface area contributed by atoms with Gasteiger partial charge in [0.05, 0.1) is 52.1 Å². The van der Waals surface area contributed by atoms with Crippen LogP contribution in [0, 0.1) is 11.6 Å².